The minimum Gasteiger partial charge on any atom is -0.341 e. The Morgan fingerprint density at radius 2 is 2.00 bits per heavy atom. The molecule has 1 heterocycles. The summed E-state index contributed by atoms with van der Waals surface area (Å²) in [6.45, 7) is 2.98. The lowest BCUT2D eigenvalue weighted by Gasteiger charge is -1.99. The Labute approximate surface area is 95.9 Å². The molecule has 0 aliphatic rings. The van der Waals surface area contributed by atoms with E-state index in [1.54, 1.807) is 0 Å². The fourth-order valence-corrected chi connectivity index (χ4v) is 1.68. The summed E-state index contributed by atoms with van der Waals surface area (Å²) >= 11 is 0. The van der Waals surface area contributed by atoms with Crippen molar-refractivity contribution in [3.8, 4) is 11.4 Å². The number of nitrogens with zero attached hydrogens (tertiary/aromatic N) is 1. The van der Waals surface area contributed by atoms with Crippen molar-refractivity contribution in [1.29, 1.82) is 0 Å². The molecule has 1 aromatic heterocycles. The van der Waals surface area contributed by atoms with E-state index in [2.05, 4.69) is 46.5 Å². The number of hydrogen-bond donors (Lipinski definition) is 2. The summed E-state index contributed by atoms with van der Waals surface area (Å²) in [5.74, 6) is 0.938. The minimum absolute atomic E-state index is 0.819. The molecule has 0 aliphatic carbocycles. The zero-order valence-corrected chi connectivity index (χ0v) is 9.75. The largest absolute Gasteiger partial charge is 0.341 e. The maximum atomic E-state index is 4.36. The molecule has 0 saturated heterocycles. The fraction of sp³-hybridized carbons (Fsp3) is 0.308. The fourth-order valence-electron chi connectivity index (χ4n) is 1.68. The van der Waals surface area contributed by atoms with Crippen LogP contribution in [0.25, 0.3) is 11.4 Å². The summed E-state index contributed by atoms with van der Waals surface area (Å²) in [6.07, 6.45) is 2.95. The second kappa shape index (κ2) is 4.94. The molecule has 0 amide bonds. The van der Waals surface area contributed by atoms with Gasteiger partial charge in [-0.3, -0.25) is 0 Å². The summed E-state index contributed by atoms with van der Waals surface area (Å²) in [5.41, 5.74) is 3.60. The number of rotatable bonds is 4. The lowest BCUT2D eigenvalue weighted by molar-refractivity contribution is 0.797. The Kier molecular flexibility index (Phi) is 3.37. The molecule has 3 nitrogen and oxygen atoms in total. The first-order chi connectivity index (χ1) is 7.83. The van der Waals surface area contributed by atoms with Crippen molar-refractivity contribution in [2.45, 2.75) is 19.9 Å². The number of imidazole rings is 1. The van der Waals surface area contributed by atoms with Gasteiger partial charge in [0.1, 0.15) is 5.82 Å². The van der Waals surface area contributed by atoms with E-state index in [9.17, 15) is 0 Å². The number of aryl methyl sites for hydroxylation is 1. The maximum Gasteiger partial charge on any atom is 0.137 e. The van der Waals surface area contributed by atoms with Crippen molar-refractivity contribution in [3.63, 3.8) is 0 Å². The van der Waals surface area contributed by atoms with Crippen LogP contribution in [0.2, 0.25) is 0 Å². The predicted octanol–water partition coefficient (Wildman–Crippen LogP) is 2.36. The highest BCUT2D eigenvalue weighted by molar-refractivity contribution is 5.55. The number of H-pyrrole nitrogens is 1. The van der Waals surface area contributed by atoms with Crippen LogP contribution in [-0.4, -0.2) is 17.0 Å². The van der Waals surface area contributed by atoms with Crippen molar-refractivity contribution in [1.82, 2.24) is 15.3 Å². The molecule has 16 heavy (non-hydrogen) atoms. The number of hydrogen-bond acceptors (Lipinski definition) is 2. The van der Waals surface area contributed by atoms with Crippen molar-refractivity contribution < 1.29 is 0 Å². The van der Waals surface area contributed by atoms with Crippen molar-refractivity contribution in [2.24, 2.45) is 0 Å². The number of aromatic amines is 1. The molecule has 0 atom stereocenters. The van der Waals surface area contributed by atoms with Gasteiger partial charge >= 0.3 is 0 Å². The van der Waals surface area contributed by atoms with Crippen molar-refractivity contribution in [3.05, 3.63) is 41.7 Å². The van der Waals surface area contributed by atoms with Crippen LogP contribution in [0.1, 0.15) is 18.2 Å². The van der Waals surface area contributed by atoms with Gasteiger partial charge in [-0.25, -0.2) is 4.98 Å². The van der Waals surface area contributed by atoms with E-state index in [1.165, 1.54) is 5.56 Å². The van der Waals surface area contributed by atoms with Gasteiger partial charge in [-0.2, -0.15) is 0 Å². The van der Waals surface area contributed by atoms with Gasteiger partial charge in [-0.05, 0) is 19.0 Å². The van der Waals surface area contributed by atoms with Crippen LogP contribution in [0.4, 0.5) is 0 Å². The summed E-state index contributed by atoms with van der Waals surface area (Å²) in [5, 5.41) is 3.10. The Morgan fingerprint density at radius 1 is 1.25 bits per heavy atom. The Bertz CT molecular complexity index is 442. The molecule has 0 bridgehead atoms. The van der Waals surface area contributed by atoms with Crippen LogP contribution in [0.5, 0.6) is 0 Å². The molecule has 3 heteroatoms. The van der Waals surface area contributed by atoms with E-state index < -0.39 is 0 Å². The second-order valence-corrected chi connectivity index (χ2v) is 3.84. The number of benzene rings is 1. The summed E-state index contributed by atoms with van der Waals surface area (Å²) in [4.78, 5) is 7.66. The molecule has 0 saturated carbocycles. The highest BCUT2D eigenvalue weighted by Gasteiger charge is 2.02. The van der Waals surface area contributed by atoms with Crippen molar-refractivity contribution >= 4 is 0 Å². The number of nitrogens with one attached hydrogen (secondary N) is 2. The molecule has 0 fully saturated rings. The van der Waals surface area contributed by atoms with E-state index in [-0.39, 0.29) is 0 Å². The third kappa shape index (κ3) is 2.31. The number of aromatic nitrogens is 2. The smallest absolute Gasteiger partial charge is 0.137 e. The van der Waals surface area contributed by atoms with E-state index >= 15 is 0 Å². The molecule has 0 spiro atoms. The van der Waals surface area contributed by atoms with Gasteiger partial charge < -0.3 is 10.3 Å². The molecule has 0 radical (unpaired) electrons. The summed E-state index contributed by atoms with van der Waals surface area (Å²) in [6, 6.07) is 8.52. The summed E-state index contributed by atoms with van der Waals surface area (Å²) in [7, 11) is 1.93. The highest BCUT2D eigenvalue weighted by atomic mass is 14.9. The predicted molar refractivity (Wildman–Crippen MR) is 66.2 cm³/mol. The Morgan fingerprint density at radius 3 is 2.62 bits per heavy atom. The average Bonchev–Trinajstić information content (AvgIpc) is 2.78. The first kappa shape index (κ1) is 10.9. The third-order valence-corrected chi connectivity index (χ3v) is 2.63. The van der Waals surface area contributed by atoms with Gasteiger partial charge in [-0.1, -0.05) is 31.2 Å². The van der Waals surface area contributed by atoms with Gasteiger partial charge in [0.05, 0.1) is 0 Å². The van der Waals surface area contributed by atoms with E-state index in [4.69, 9.17) is 0 Å². The SMILES string of the molecule is CCc1ccc(-c2ncc(CNC)[nH]2)cc1. The molecule has 0 unspecified atom stereocenters. The van der Waals surface area contributed by atoms with Crippen LogP contribution < -0.4 is 5.32 Å². The molecule has 2 N–H and O–H groups in total. The third-order valence-electron chi connectivity index (χ3n) is 2.63. The van der Waals surface area contributed by atoms with Crippen LogP contribution in [0.3, 0.4) is 0 Å². The molecule has 84 valence electrons. The van der Waals surface area contributed by atoms with Gasteiger partial charge in [-0.15, -0.1) is 0 Å². The van der Waals surface area contributed by atoms with Gasteiger partial charge in [0, 0.05) is 24.0 Å². The zero-order valence-electron chi connectivity index (χ0n) is 9.75. The maximum absolute atomic E-state index is 4.36. The molecule has 1 aromatic carbocycles. The molecule has 2 aromatic rings. The van der Waals surface area contributed by atoms with Gasteiger partial charge in [0.15, 0.2) is 0 Å². The van der Waals surface area contributed by atoms with Crippen LogP contribution in [-0.2, 0) is 13.0 Å². The van der Waals surface area contributed by atoms with Gasteiger partial charge in [0.25, 0.3) is 0 Å². The molecule has 2 rings (SSSR count). The molecular formula is C13H17N3. The first-order valence-corrected chi connectivity index (χ1v) is 5.61. The quantitative estimate of drug-likeness (QED) is 0.822. The Hall–Kier alpha value is -1.61. The van der Waals surface area contributed by atoms with E-state index in [0.29, 0.717) is 0 Å². The normalized spacial score (nSPS) is 10.6. The van der Waals surface area contributed by atoms with Crippen LogP contribution in [0, 0.1) is 0 Å². The highest BCUT2D eigenvalue weighted by Crippen LogP contribution is 2.16. The minimum atomic E-state index is 0.819. The van der Waals surface area contributed by atoms with Crippen molar-refractivity contribution in [2.75, 3.05) is 7.05 Å². The molecular weight excluding hydrogens is 198 g/mol. The van der Waals surface area contributed by atoms with Crippen LogP contribution >= 0.6 is 0 Å². The zero-order chi connectivity index (χ0) is 11.4. The monoisotopic (exact) mass is 215 g/mol. The lowest BCUT2D eigenvalue weighted by atomic mass is 10.1. The average molecular weight is 215 g/mol. The molecule has 0 aliphatic heterocycles. The first-order valence-electron chi connectivity index (χ1n) is 5.61. The van der Waals surface area contributed by atoms with E-state index in [0.717, 1.165) is 30.0 Å². The standard InChI is InChI=1S/C13H17N3/c1-3-10-4-6-11(7-5-10)13-15-9-12(16-13)8-14-2/h4-7,9,14H,3,8H2,1-2H3,(H,15,16). The van der Waals surface area contributed by atoms with Crippen LogP contribution in [0.15, 0.2) is 30.5 Å². The lowest BCUT2D eigenvalue weighted by Crippen LogP contribution is -2.04. The van der Waals surface area contributed by atoms with E-state index in [1.807, 2.05) is 13.2 Å². The summed E-state index contributed by atoms with van der Waals surface area (Å²) < 4.78 is 0. The second-order valence-electron chi connectivity index (χ2n) is 3.84. The van der Waals surface area contributed by atoms with Gasteiger partial charge in [0.2, 0.25) is 0 Å². The topological polar surface area (TPSA) is 40.7 Å². The Balaban J connectivity index is 2.21.